The lowest BCUT2D eigenvalue weighted by atomic mass is 10.0. The molecule has 2 aromatic carbocycles. The van der Waals surface area contributed by atoms with Crippen LogP contribution in [0.2, 0.25) is 0 Å². The second kappa shape index (κ2) is 9.77. The standard InChI is InChI=1S/C22H27N3O4S/c1-14(2)23-17(12-15-6-4-3-5-7-15)13-25(22(28)29)11-10-16-8-9-18(26)19-20(16)30-21(27)24-19/h3-9,14,17,23,26H,10-13H2,1-2H3,(H,24,27)(H,28,29). The first-order valence-electron chi connectivity index (χ1n) is 9.95. The Balaban J connectivity index is 1.74. The van der Waals surface area contributed by atoms with E-state index in [4.69, 9.17) is 0 Å². The number of aromatic hydroxyl groups is 1. The van der Waals surface area contributed by atoms with Crippen LogP contribution in [0, 0.1) is 0 Å². The molecule has 30 heavy (non-hydrogen) atoms. The largest absolute Gasteiger partial charge is 0.506 e. The quantitative estimate of drug-likeness (QED) is 0.417. The molecule has 0 saturated carbocycles. The topological polar surface area (TPSA) is 106 Å². The first-order valence-corrected chi connectivity index (χ1v) is 10.8. The highest BCUT2D eigenvalue weighted by Gasteiger charge is 2.20. The van der Waals surface area contributed by atoms with Gasteiger partial charge in [-0.05, 0) is 30.0 Å². The van der Waals surface area contributed by atoms with Crippen LogP contribution in [0.25, 0.3) is 10.2 Å². The van der Waals surface area contributed by atoms with Crippen molar-refractivity contribution in [2.24, 2.45) is 0 Å². The third-order valence-corrected chi connectivity index (χ3v) is 5.85. The number of carboxylic acid groups (broad SMARTS) is 1. The highest BCUT2D eigenvalue weighted by atomic mass is 32.1. The lowest BCUT2D eigenvalue weighted by Gasteiger charge is -2.28. The predicted molar refractivity (Wildman–Crippen MR) is 120 cm³/mol. The van der Waals surface area contributed by atoms with Crippen LogP contribution in [-0.4, -0.2) is 51.4 Å². The number of phenols is 1. The van der Waals surface area contributed by atoms with Crippen molar-refractivity contribution in [2.45, 2.75) is 38.8 Å². The minimum atomic E-state index is -0.976. The molecule has 0 saturated heterocycles. The molecular formula is C22H27N3O4S. The molecule has 1 unspecified atom stereocenters. The molecule has 1 heterocycles. The van der Waals surface area contributed by atoms with Crippen LogP contribution in [0.3, 0.4) is 0 Å². The maximum atomic E-state index is 11.9. The SMILES string of the molecule is CC(C)NC(Cc1ccccc1)CN(CCc1ccc(O)c2[nH]c(=O)sc12)C(=O)O. The van der Waals surface area contributed by atoms with E-state index in [0.717, 1.165) is 28.9 Å². The summed E-state index contributed by atoms with van der Waals surface area (Å²) in [7, 11) is 0. The van der Waals surface area contributed by atoms with E-state index in [1.165, 1.54) is 11.0 Å². The average Bonchev–Trinajstić information content (AvgIpc) is 3.09. The van der Waals surface area contributed by atoms with Gasteiger partial charge in [-0.15, -0.1) is 0 Å². The fourth-order valence-corrected chi connectivity index (χ4v) is 4.50. The fraction of sp³-hybridized carbons (Fsp3) is 0.364. The molecule has 0 fully saturated rings. The third-order valence-electron chi connectivity index (χ3n) is 4.90. The van der Waals surface area contributed by atoms with Crippen molar-refractivity contribution >= 4 is 27.6 Å². The van der Waals surface area contributed by atoms with Gasteiger partial charge in [0.25, 0.3) is 0 Å². The molecular weight excluding hydrogens is 402 g/mol. The fourth-order valence-electron chi connectivity index (χ4n) is 3.60. The van der Waals surface area contributed by atoms with Crippen molar-refractivity contribution in [2.75, 3.05) is 13.1 Å². The van der Waals surface area contributed by atoms with E-state index in [0.29, 0.717) is 29.7 Å². The van der Waals surface area contributed by atoms with Gasteiger partial charge in [0, 0.05) is 25.2 Å². The van der Waals surface area contributed by atoms with Crippen molar-refractivity contribution in [3.8, 4) is 5.75 Å². The molecule has 1 amide bonds. The number of carbonyl (C=O) groups is 1. The Kier molecular flexibility index (Phi) is 7.12. The average molecular weight is 430 g/mol. The van der Waals surface area contributed by atoms with Gasteiger partial charge >= 0.3 is 11.0 Å². The number of aromatic amines is 1. The minimum Gasteiger partial charge on any atom is -0.506 e. The maximum absolute atomic E-state index is 11.9. The van der Waals surface area contributed by atoms with Gasteiger partial charge in [-0.2, -0.15) is 0 Å². The van der Waals surface area contributed by atoms with E-state index in [2.05, 4.69) is 10.3 Å². The number of benzene rings is 2. The van der Waals surface area contributed by atoms with Crippen molar-refractivity contribution in [3.63, 3.8) is 0 Å². The Labute approximate surface area is 179 Å². The van der Waals surface area contributed by atoms with Gasteiger partial charge in [0.2, 0.25) is 0 Å². The number of amides is 1. The lowest BCUT2D eigenvalue weighted by Crippen LogP contribution is -2.47. The second-order valence-corrected chi connectivity index (χ2v) is 8.63. The number of thiazole rings is 1. The number of fused-ring (bicyclic) bond motifs is 1. The molecule has 0 bridgehead atoms. The summed E-state index contributed by atoms with van der Waals surface area (Å²) < 4.78 is 0.673. The van der Waals surface area contributed by atoms with Gasteiger partial charge in [-0.1, -0.05) is 61.6 Å². The van der Waals surface area contributed by atoms with Gasteiger partial charge in [0.1, 0.15) is 11.3 Å². The van der Waals surface area contributed by atoms with E-state index >= 15 is 0 Å². The summed E-state index contributed by atoms with van der Waals surface area (Å²) in [5.74, 6) is 0.0197. The van der Waals surface area contributed by atoms with Crippen molar-refractivity contribution < 1.29 is 15.0 Å². The number of rotatable bonds is 9. The molecule has 0 spiro atoms. The molecule has 0 radical (unpaired) electrons. The highest BCUT2D eigenvalue weighted by Crippen LogP contribution is 2.28. The van der Waals surface area contributed by atoms with Gasteiger partial charge in [-0.3, -0.25) is 4.79 Å². The maximum Gasteiger partial charge on any atom is 0.407 e. The summed E-state index contributed by atoms with van der Waals surface area (Å²) in [6.45, 7) is 4.74. The molecule has 3 aromatic rings. The Bertz CT molecular complexity index is 1050. The smallest absolute Gasteiger partial charge is 0.407 e. The molecule has 3 rings (SSSR count). The van der Waals surface area contributed by atoms with E-state index in [-0.39, 0.29) is 22.7 Å². The van der Waals surface area contributed by atoms with Crippen LogP contribution < -0.4 is 10.2 Å². The molecule has 1 atom stereocenters. The van der Waals surface area contributed by atoms with Crippen LogP contribution in [0.5, 0.6) is 5.75 Å². The van der Waals surface area contributed by atoms with Crippen molar-refractivity contribution in [3.05, 3.63) is 63.3 Å². The third kappa shape index (κ3) is 5.61. The Hall–Kier alpha value is -2.84. The zero-order valence-electron chi connectivity index (χ0n) is 17.1. The molecule has 8 heteroatoms. The summed E-state index contributed by atoms with van der Waals surface area (Å²) in [5, 5.41) is 23.2. The van der Waals surface area contributed by atoms with Crippen LogP contribution in [0.4, 0.5) is 4.79 Å². The van der Waals surface area contributed by atoms with E-state index in [9.17, 15) is 19.8 Å². The summed E-state index contributed by atoms with van der Waals surface area (Å²) in [5.41, 5.74) is 2.40. The Morgan fingerprint density at radius 3 is 2.60 bits per heavy atom. The molecule has 0 aliphatic carbocycles. The summed E-state index contributed by atoms with van der Waals surface area (Å²) in [6.07, 6.45) is 0.207. The van der Waals surface area contributed by atoms with Crippen LogP contribution in [0.1, 0.15) is 25.0 Å². The number of aromatic nitrogens is 1. The first-order chi connectivity index (χ1) is 14.3. The zero-order chi connectivity index (χ0) is 21.7. The van der Waals surface area contributed by atoms with Crippen LogP contribution in [-0.2, 0) is 12.8 Å². The molecule has 1 aromatic heterocycles. The number of H-pyrrole nitrogens is 1. The monoisotopic (exact) mass is 429 g/mol. The van der Waals surface area contributed by atoms with Gasteiger partial charge in [-0.25, -0.2) is 4.79 Å². The minimum absolute atomic E-state index is 0.0197. The zero-order valence-corrected chi connectivity index (χ0v) is 17.9. The number of phenolic OH excluding ortho intramolecular Hbond substituents is 1. The van der Waals surface area contributed by atoms with E-state index in [1.54, 1.807) is 6.07 Å². The second-order valence-electron chi connectivity index (χ2n) is 7.65. The normalized spacial score (nSPS) is 12.4. The van der Waals surface area contributed by atoms with Crippen LogP contribution in [0.15, 0.2) is 47.3 Å². The molecule has 0 aliphatic rings. The van der Waals surface area contributed by atoms with E-state index in [1.807, 2.05) is 44.2 Å². The van der Waals surface area contributed by atoms with Gasteiger partial charge in [0.15, 0.2) is 0 Å². The van der Waals surface area contributed by atoms with Gasteiger partial charge < -0.3 is 25.4 Å². The molecule has 0 aliphatic heterocycles. The summed E-state index contributed by atoms with van der Waals surface area (Å²) >= 11 is 1.03. The number of nitrogens with zero attached hydrogens (tertiary/aromatic N) is 1. The Morgan fingerprint density at radius 2 is 1.93 bits per heavy atom. The number of hydrogen-bond donors (Lipinski definition) is 4. The molecule has 7 nitrogen and oxygen atoms in total. The Morgan fingerprint density at radius 1 is 1.20 bits per heavy atom. The number of nitrogens with one attached hydrogen (secondary N) is 2. The molecule has 4 N–H and O–H groups in total. The predicted octanol–water partition coefficient (Wildman–Crippen LogP) is 3.43. The van der Waals surface area contributed by atoms with Gasteiger partial charge in [0.05, 0.1) is 4.70 Å². The van der Waals surface area contributed by atoms with Crippen LogP contribution >= 0.6 is 11.3 Å². The number of hydrogen-bond acceptors (Lipinski definition) is 5. The first kappa shape index (κ1) is 21.9. The van der Waals surface area contributed by atoms with Crippen molar-refractivity contribution in [1.29, 1.82) is 0 Å². The summed E-state index contributed by atoms with van der Waals surface area (Å²) in [6, 6.07) is 13.5. The summed E-state index contributed by atoms with van der Waals surface area (Å²) in [4.78, 5) is 27.4. The highest BCUT2D eigenvalue weighted by molar-refractivity contribution is 7.16. The van der Waals surface area contributed by atoms with E-state index < -0.39 is 6.09 Å². The lowest BCUT2D eigenvalue weighted by molar-refractivity contribution is 0.139. The van der Waals surface area contributed by atoms with Crippen molar-refractivity contribution in [1.82, 2.24) is 15.2 Å². The molecule has 160 valence electrons.